The molecular formula is C22H18BrCl2N3OS. The van der Waals surface area contributed by atoms with Gasteiger partial charge >= 0.3 is 0 Å². The summed E-state index contributed by atoms with van der Waals surface area (Å²) in [5, 5.41) is 12.8. The first-order valence-corrected chi connectivity index (χ1v) is 11.7. The second kappa shape index (κ2) is 7.72. The zero-order valence-corrected chi connectivity index (χ0v) is 20.2. The summed E-state index contributed by atoms with van der Waals surface area (Å²) < 4.78 is 0.913. The molecule has 2 N–H and O–H groups in total. The van der Waals surface area contributed by atoms with E-state index in [-0.39, 0.29) is 11.2 Å². The second-order valence-corrected chi connectivity index (χ2v) is 10.9. The fraction of sp³-hybridized carbons (Fsp3) is 0.273. The lowest BCUT2D eigenvalue weighted by molar-refractivity contribution is -0.118. The number of nitrogens with two attached hydrogens (primary N) is 1. The van der Waals surface area contributed by atoms with Gasteiger partial charge in [-0.1, -0.05) is 37.0 Å². The maximum absolute atomic E-state index is 13.4. The van der Waals surface area contributed by atoms with E-state index >= 15 is 0 Å². The van der Waals surface area contributed by atoms with Gasteiger partial charge in [0.25, 0.3) is 0 Å². The molecule has 1 aliphatic heterocycles. The lowest BCUT2D eigenvalue weighted by Gasteiger charge is -2.43. The minimum absolute atomic E-state index is 0.0427. The van der Waals surface area contributed by atoms with Gasteiger partial charge in [-0.25, -0.2) is 0 Å². The number of allylic oxidation sites excluding steroid dienone is 3. The molecule has 0 saturated heterocycles. The van der Waals surface area contributed by atoms with E-state index in [2.05, 4.69) is 35.8 Å². The number of anilines is 1. The number of hydrogen-bond donors (Lipinski definition) is 1. The number of carbonyl (C=O) groups is 1. The van der Waals surface area contributed by atoms with Gasteiger partial charge in [-0.15, -0.1) is 11.3 Å². The van der Waals surface area contributed by atoms with Crippen molar-refractivity contribution in [2.45, 2.75) is 32.6 Å². The molecule has 30 heavy (non-hydrogen) atoms. The van der Waals surface area contributed by atoms with Gasteiger partial charge in [0.2, 0.25) is 0 Å². The standard InChI is InChI=1S/C22H18BrCl2N3OS/c1-22(2)7-16-20(17(29)8-22)19(18-5-11(23)10-30-18)13(9-26)21(27)28(16)12-3-4-14(24)15(25)6-12/h3-6,10,19H,7-8,27H2,1-2H3. The number of ketones is 1. The Kier molecular flexibility index (Phi) is 5.52. The number of rotatable bonds is 2. The number of carbonyl (C=O) groups excluding carboxylic acids is 1. The predicted octanol–water partition coefficient (Wildman–Crippen LogP) is 6.76. The Morgan fingerprint density at radius 2 is 2.00 bits per heavy atom. The predicted molar refractivity (Wildman–Crippen MR) is 126 cm³/mol. The summed E-state index contributed by atoms with van der Waals surface area (Å²) in [4.78, 5) is 16.1. The number of Topliss-reactive ketones (excluding diaryl/α,β-unsaturated/α-hetero) is 1. The Morgan fingerprint density at radius 1 is 1.27 bits per heavy atom. The van der Waals surface area contributed by atoms with Crippen molar-refractivity contribution in [1.82, 2.24) is 0 Å². The van der Waals surface area contributed by atoms with Crippen molar-refractivity contribution in [2.24, 2.45) is 11.1 Å². The highest BCUT2D eigenvalue weighted by molar-refractivity contribution is 9.10. The van der Waals surface area contributed by atoms with Crippen molar-refractivity contribution in [2.75, 3.05) is 4.90 Å². The lowest BCUT2D eigenvalue weighted by Crippen LogP contribution is -2.42. The molecule has 0 amide bonds. The fourth-order valence-electron chi connectivity index (χ4n) is 4.19. The molecule has 0 bridgehead atoms. The van der Waals surface area contributed by atoms with Crippen LogP contribution in [0.4, 0.5) is 5.69 Å². The molecular weight excluding hydrogens is 505 g/mol. The van der Waals surface area contributed by atoms with Crippen molar-refractivity contribution in [1.29, 1.82) is 5.26 Å². The third kappa shape index (κ3) is 3.58. The molecule has 0 saturated carbocycles. The molecule has 0 fully saturated rings. The first-order chi connectivity index (χ1) is 14.1. The van der Waals surface area contributed by atoms with E-state index in [9.17, 15) is 10.1 Å². The molecule has 4 rings (SSSR count). The SMILES string of the molecule is CC1(C)CC(=O)C2=C(C1)N(c1ccc(Cl)c(Cl)c1)C(N)=C(C#N)C2c1cc(Br)cs1. The molecule has 2 aliphatic rings. The fourth-order valence-corrected chi connectivity index (χ4v) is 6.05. The van der Waals surface area contributed by atoms with E-state index in [1.807, 2.05) is 11.4 Å². The summed E-state index contributed by atoms with van der Waals surface area (Å²) in [6.45, 7) is 4.14. The molecule has 1 aliphatic carbocycles. The van der Waals surface area contributed by atoms with Gasteiger partial charge in [-0.3, -0.25) is 9.69 Å². The summed E-state index contributed by atoms with van der Waals surface area (Å²) in [7, 11) is 0. The summed E-state index contributed by atoms with van der Waals surface area (Å²) in [6, 6.07) is 9.43. The van der Waals surface area contributed by atoms with Gasteiger partial charge < -0.3 is 5.73 Å². The first-order valence-electron chi connectivity index (χ1n) is 9.28. The van der Waals surface area contributed by atoms with Crippen molar-refractivity contribution in [3.63, 3.8) is 0 Å². The summed E-state index contributed by atoms with van der Waals surface area (Å²) in [5.41, 5.74) is 8.86. The van der Waals surface area contributed by atoms with E-state index in [4.69, 9.17) is 28.9 Å². The third-order valence-electron chi connectivity index (χ3n) is 5.41. The Bertz CT molecular complexity index is 1180. The van der Waals surface area contributed by atoms with Crippen molar-refractivity contribution in [3.8, 4) is 6.07 Å². The van der Waals surface area contributed by atoms with Crippen LogP contribution < -0.4 is 10.6 Å². The Hall–Kier alpha value is -1.78. The molecule has 0 radical (unpaired) electrons. The highest BCUT2D eigenvalue weighted by atomic mass is 79.9. The summed E-state index contributed by atoms with van der Waals surface area (Å²) >= 11 is 17.4. The molecule has 1 unspecified atom stereocenters. The van der Waals surface area contributed by atoms with Gasteiger partial charge in [0.1, 0.15) is 5.82 Å². The smallest absolute Gasteiger partial charge is 0.162 e. The summed E-state index contributed by atoms with van der Waals surface area (Å²) in [5.74, 6) is -0.111. The number of thiophene rings is 1. The van der Waals surface area contributed by atoms with Crippen LogP contribution in [-0.4, -0.2) is 5.78 Å². The van der Waals surface area contributed by atoms with E-state index in [0.717, 1.165) is 15.0 Å². The summed E-state index contributed by atoms with van der Waals surface area (Å²) in [6.07, 6.45) is 1.07. The Morgan fingerprint density at radius 3 is 2.60 bits per heavy atom. The minimum Gasteiger partial charge on any atom is -0.384 e. The molecule has 2 aromatic rings. The van der Waals surface area contributed by atoms with Crippen molar-refractivity contribution < 1.29 is 4.79 Å². The molecule has 1 aromatic heterocycles. The van der Waals surface area contributed by atoms with Crippen LogP contribution in [0.1, 0.15) is 37.5 Å². The van der Waals surface area contributed by atoms with Crippen molar-refractivity contribution in [3.05, 3.63) is 71.7 Å². The highest BCUT2D eigenvalue weighted by Gasteiger charge is 2.45. The number of nitrogens with zero attached hydrogens (tertiary/aromatic N) is 2. The van der Waals surface area contributed by atoms with Crippen LogP contribution in [0.3, 0.4) is 0 Å². The van der Waals surface area contributed by atoms with E-state index in [1.54, 1.807) is 23.1 Å². The van der Waals surface area contributed by atoms with Gasteiger partial charge in [-0.05, 0) is 52.0 Å². The molecule has 154 valence electrons. The quantitative estimate of drug-likeness (QED) is 0.473. The number of halogens is 3. The van der Waals surface area contributed by atoms with E-state index in [0.29, 0.717) is 45.5 Å². The van der Waals surface area contributed by atoms with E-state index < -0.39 is 5.92 Å². The average Bonchev–Trinajstić information content (AvgIpc) is 3.08. The normalized spacial score (nSPS) is 21.0. The topological polar surface area (TPSA) is 70.1 Å². The van der Waals surface area contributed by atoms with Gasteiger partial charge in [0.15, 0.2) is 5.78 Å². The van der Waals surface area contributed by atoms with Crippen LogP contribution in [-0.2, 0) is 4.79 Å². The van der Waals surface area contributed by atoms with Crippen LogP contribution in [0.2, 0.25) is 10.0 Å². The Balaban J connectivity index is 2.00. The first kappa shape index (κ1) is 21.5. The van der Waals surface area contributed by atoms with Crippen LogP contribution in [0.25, 0.3) is 0 Å². The molecule has 4 nitrogen and oxygen atoms in total. The van der Waals surface area contributed by atoms with Gasteiger partial charge in [0.05, 0.1) is 27.6 Å². The molecule has 1 atom stereocenters. The average molecular weight is 523 g/mol. The monoisotopic (exact) mass is 521 g/mol. The maximum Gasteiger partial charge on any atom is 0.162 e. The largest absolute Gasteiger partial charge is 0.384 e. The number of hydrogen-bond acceptors (Lipinski definition) is 5. The third-order valence-corrected chi connectivity index (χ3v) is 7.91. The van der Waals surface area contributed by atoms with Crippen LogP contribution in [0, 0.1) is 16.7 Å². The minimum atomic E-state index is -0.469. The van der Waals surface area contributed by atoms with Gasteiger partial charge in [0, 0.05) is 38.1 Å². The zero-order valence-electron chi connectivity index (χ0n) is 16.3. The molecule has 8 heteroatoms. The molecule has 1 aromatic carbocycles. The molecule has 0 spiro atoms. The maximum atomic E-state index is 13.4. The second-order valence-electron chi connectivity index (χ2n) is 8.25. The van der Waals surface area contributed by atoms with Gasteiger partial charge in [-0.2, -0.15) is 5.26 Å². The number of benzene rings is 1. The van der Waals surface area contributed by atoms with Crippen LogP contribution in [0.5, 0.6) is 0 Å². The van der Waals surface area contributed by atoms with Crippen LogP contribution >= 0.6 is 50.5 Å². The zero-order chi connectivity index (χ0) is 21.8. The number of nitriles is 1. The lowest BCUT2D eigenvalue weighted by atomic mass is 9.69. The highest BCUT2D eigenvalue weighted by Crippen LogP contribution is 2.51. The van der Waals surface area contributed by atoms with Crippen molar-refractivity contribution >= 4 is 61.9 Å². The van der Waals surface area contributed by atoms with E-state index in [1.165, 1.54) is 11.3 Å². The van der Waals surface area contributed by atoms with Crippen LogP contribution in [0.15, 0.2) is 56.8 Å². The Labute approximate surface area is 197 Å². The molecule has 2 heterocycles.